The standard InChI is InChI=1S/C28H32N4O6/c1-17(2)27-21(14-26(34)35)18(3)32(30-27)15-25(33)29-22(12-19-8-6-5-7-9-19)28(36)31(4)20-10-11-23-24(13-20)38-16-37-23/h5-11,13,17,22H,12,14-16H2,1-4H3,(H,29,33)(H,34,35). The minimum Gasteiger partial charge on any atom is -0.481 e. The van der Waals surface area contributed by atoms with Crippen LogP contribution in [0.1, 0.15) is 42.3 Å². The Balaban J connectivity index is 1.55. The first kappa shape index (κ1) is 26.7. The second-order valence-corrected chi connectivity index (χ2v) is 9.58. The minimum atomic E-state index is -0.959. The number of ether oxygens (including phenoxy) is 2. The molecule has 3 aromatic rings. The maximum atomic E-state index is 13.6. The predicted molar refractivity (Wildman–Crippen MR) is 140 cm³/mol. The fourth-order valence-corrected chi connectivity index (χ4v) is 4.47. The van der Waals surface area contributed by atoms with Crippen LogP contribution in [0, 0.1) is 6.92 Å². The van der Waals surface area contributed by atoms with E-state index in [0.29, 0.717) is 40.6 Å². The van der Waals surface area contributed by atoms with E-state index in [1.807, 2.05) is 44.2 Å². The summed E-state index contributed by atoms with van der Waals surface area (Å²) in [7, 11) is 1.65. The maximum absolute atomic E-state index is 13.6. The summed E-state index contributed by atoms with van der Waals surface area (Å²) in [5.41, 5.74) is 3.38. The van der Waals surface area contributed by atoms with Gasteiger partial charge in [0.2, 0.25) is 18.6 Å². The Kier molecular flexibility index (Phi) is 7.99. The SMILES string of the molecule is Cc1c(CC(=O)O)c(C(C)C)nn1CC(=O)NC(Cc1ccccc1)C(=O)N(C)c1ccc2c(c1)OCO2. The zero-order valence-corrected chi connectivity index (χ0v) is 21.9. The molecule has 0 fully saturated rings. The van der Waals surface area contributed by atoms with Crippen molar-refractivity contribution in [2.75, 3.05) is 18.7 Å². The molecule has 0 aliphatic carbocycles. The van der Waals surface area contributed by atoms with E-state index in [1.165, 1.54) is 9.58 Å². The van der Waals surface area contributed by atoms with Crippen LogP contribution >= 0.6 is 0 Å². The van der Waals surface area contributed by atoms with E-state index in [0.717, 1.165) is 5.56 Å². The molecule has 1 atom stereocenters. The number of hydrogen-bond acceptors (Lipinski definition) is 6. The highest BCUT2D eigenvalue weighted by molar-refractivity contribution is 5.99. The molecule has 2 amide bonds. The summed E-state index contributed by atoms with van der Waals surface area (Å²) in [6.45, 7) is 5.60. The molecule has 38 heavy (non-hydrogen) atoms. The van der Waals surface area contributed by atoms with Gasteiger partial charge in [-0.05, 0) is 30.5 Å². The predicted octanol–water partition coefficient (Wildman–Crippen LogP) is 3.06. The van der Waals surface area contributed by atoms with Gasteiger partial charge >= 0.3 is 5.97 Å². The van der Waals surface area contributed by atoms with Gasteiger partial charge in [0.15, 0.2) is 11.5 Å². The Bertz CT molecular complexity index is 1330. The molecule has 2 aromatic carbocycles. The molecule has 1 aliphatic heterocycles. The first-order valence-electron chi connectivity index (χ1n) is 12.4. The van der Waals surface area contributed by atoms with Crippen molar-refractivity contribution in [3.05, 3.63) is 71.0 Å². The van der Waals surface area contributed by atoms with Crippen LogP contribution in [0.15, 0.2) is 48.5 Å². The Morgan fingerprint density at radius 2 is 1.82 bits per heavy atom. The van der Waals surface area contributed by atoms with Crippen LogP contribution < -0.4 is 19.7 Å². The highest BCUT2D eigenvalue weighted by Gasteiger charge is 2.28. The molecule has 10 nitrogen and oxygen atoms in total. The van der Waals surface area contributed by atoms with E-state index in [4.69, 9.17) is 9.47 Å². The van der Waals surface area contributed by atoms with Gasteiger partial charge in [-0.2, -0.15) is 5.10 Å². The lowest BCUT2D eigenvalue weighted by Crippen LogP contribution is -2.49. The summed E-state index contributed by atoms with van der Waals surface area (Å²) < 4.78 is 12.3. The molecule has 4 rings (SSSR count). The Morgan fingerprint density at radius 3 is 2.50 bits per heavy atom. The van der Waals surface area contributed by atoms with E-state index >= 15 is 0 Å². The number of anilines is 1. The van der Waals surface area contributed by atoms with Gasteiger partial charge < -0.3 is 24.8 Å². The number of carboxylic acid groups (broad SMARTS) is 1. The highest BCUT2D eigenvalue weighted by atomic mass is 16.7. The number of nitrogens with one attached hydrogen (secondary N) is 1. The zero-order valence-electron chi connectivity index (χ0n) is 21.9. The number of amides is 2. The number of likely N-dealkylation sites (N-methyl/N-ethyl adjacent to an activating group) is 1. The third kappa shape index (κ3) is 5.96. The number of carbonyl (C=O) groups excluding carboxylic acids is 2. The molecule has 1 aliphatic rings. The summed E-state index contributed by atoms with van der Waals surface area (Å²) in [6.07, 6.45) is 0.121. The van der Waals surface area contributed by atoms with Gasteiger partial charge in [-0.25, -0.2) is 0 Å². The topological polar surface area (TPSA) is 123 Å². The van der Waals surface area contributed by atoms with E-state index in [9.17, 15) is 19.5 Å². The first-order valence-corrected chi connectivity index (χ1v) is 12.4. The quantitative estimate of drug-likeness (QED) is 0.421. The van der Waals surface area contributed by atoms with Crippen LogP contribution in [0.5, 0.6) is 11.5 Å². The number of aliphatic carboxylic acids is 1. The van der Waals surface area contributed by atoms with E-state index in [2.05, 4.69) is 10.4 Å². The number of hydrogen-bond donors (Lipinski definition) is 2. The number of nitrogens with zero attached hydrogens (tertiary/aromatic N) is 3. The van der Waals surface area contributed by atoms with E-state index in [-0.39, 0.29) is 31.6 Å². The third-order valence-electron chi connectivity index (χ3n) is 6.52. The lowest BCUT2D eigenvalue weighted by atomic mass is 10.0. The molecule has 0 bridgehead atoms. The monoisotopic (exact) mass is 520 g/mol. The maximum Gasteiger partial charge on any atom is 0.307 e. The number of aromatic nitrogens is 2. The normalized spacial score (nSPS) is 12.9. The van der Waals surface area contributed by atoms with Gasteiger partial charge in [-0.15, -0.1) is 0 Å². The molecule has 1 unspecified atom stereocenters. The molecule has 2 N–H and O–H groups in total. The number of carboxylic acids is 1. The van der Waals surface area contributed by atoms with Gasteiger partial charge in [-0.1, -0.05) is 44.2 Å². The summed E-state index contributed by atoms with van der Waals surface area (Å²) in [4.78, 5) is 39.7. The Morgan fingerprint density at radius 1 is 1.11 bits per heavy atom. The van der Waals surface area contributed by atoms with Gasteiger partial charge in [0.1, 0.15) is 12.6 Å². The van der Waals surface area contributed by atoms with Crippen molar-refractivity contribution >= 4 is 23.5 Å². The molecule has 0 saturated carbocycles. The molecule has 2 heterocycles. The van der Waals surface area contributed by atoms with Crippen molar-refractivity contribution in [1.29, 1.82) is 0 Å². The van der Waals surface area contributed by atoms with Crippen molar-refractivity contribution in [3.63, 3.8) is 0 Å². The van der Waals surface area contributed by atoms with Crippen molar-refractivity contribution in [2.45, 2.75) is 52.1 Å². The van der Waals surface area contributed by atoms with E-state index in [1.54, 1.807) is 32.2 Å². The molecule has 0 spiro atoms. The molecular weight excluding hydrogens is 488 g/mol. The number of rotatable bonds is 10. The third-order valence-corrected chi connectivity index (χ3v) is 6.52. The van der Waals surface area contributed by atoms with Crippen molar-refractivity contribution in [1.82, 2.24) is 15.1 Å². The lowest BCUT2D eigenvalue weighted by Gasteiger charge is -2.25. The van der Waals surface area contributed by atoms with Gasteiger partial charge in [0.25, 0.3) is 0 Å². The average molecular weight is 521 g/mol. The molecule has 200 valence electrons. The minimum absolute atomic E-state index is 0.00452. The number of fused-ring (bicyclic) bond motifs is 1. The van der Waals surface area contributed by atoms with Crippen LogP contribution in [0.3, 0.4) is 0 Å². The second-order valence-electron chi connectivity index (χ2n) is 9.58. The molecule has 10 heteroatoms. The highest BCUT2D eigenvalue weighted by Crippen LogP contribution is 2.35. The fraction of sp³-hybridized carbons (Fsp3) is 0.357. The summed E-state index contributed by atoms with van der Waals surface area (Å²) in [5, 5.41) is 16.7. The summed E-state index contributed by atoms with van der Waals surface area (Å²) in [6, 6.07) is 13.8. The second kappa shape index (κ2) is 11.4. The van der Waals surface area contributed by atoms with Crippen molar-refractivity contribution < 1.29 is 29.0 Å². The van der Waals surface area contributed by atoms with Crippen LogP contribution in [0.2, 0.25) is 0 Å². The first-order chi connectivity index (χ1) is 18.1. The van der Waals surface area contributed by atoms with Crippen molar-refractivity contribution in [2.24, 2.45) is 0 Å². The van der Waals surface area contributed by atoms with E-state index < -0.39 is 17.9 Å². The number of benzene rings is 2. The summed E-state index contributed by atoms with van der Waals surface area (Å²) >= 11 is 0. The van der Waals surface area contributed by atoms with Crippen LogP contribution in [-0.2, 0) is 33.8 Å². The van der Waals surface area contributed by atoms with Crippen LogP contribution in [0.25, 0.3) is 0 Å². The van der Waals surface area contributed by atoms with Crippen LogP contribution in [0.4, 0.5) is 5.69 Å². The Hall–Kier alpha value is -4.34. The van der Waals surface area contributed by atoms with Gasteiger partial charge in [0.05, 0.1) is 12.1 Å². The van der Waals surface area contributed by atoms with Gasteiger partial charge in [0, 0.05) is 36.5 Å². The largest absolute Gasteiger partial charge is 0.481 e. The number of carbonyl (C=O) groups is 3. The smallest absolute Gasteiger partial charge is 0.307 e. The molecule has 0 radical (unpaired) electrons. The average Bonchev–Trinajstić information content (AvgIpc) is 3.47. The summed E-state index contributed by atoms with van der Waals surface area (Å²) in [5.74, 6) is -0.498. The lowest BCUT2D eigenvalue weighted by molar-refractivity contribution is -0.136. The van der Waals surface area contributed by atoms with Gasteiger partial charge in [-0.3, -0.25) is 19.1 Å². The van der Waals surface area contributed by atoms with Crippen LogP contribution in [-0.4, -0.2) is 52.6 Å². The van der Waals surface area contributed by atoms with Crippen molar-refractivity contribution in [3.8, 4) is 11.5 Å². The molecular formula is C28H32N4O6. The molecule has 1 aromatic heterocycles. The molecule has 0 saturated heterocycles. The fourth-order valence-electron chi connectivity index (χ4n) is 4.47. The zero-order chi connectivity index (χ0) is 27.4. The Labute approximate surface area is 221 Å².